The van der Waals surface area contributed by atoms with E-state index in [0.29, 0.717) is 12.2 Å². The van der Waals surface area contributed by atoms with Crippen LogP contribution in [0.1, 0.15) is 47.0 Å². The van der Waals surface area contributed by atoms with Gasteiger partial charge < -0.3 is 0 Å². The first-order chi connectivity index (χ1) is 5.07. The van der Waals surface area contributed by atoms with Gasteiger partial charge in [0, 0.05) is 12.3 Å². The Labute approximate surface area is 70.2 Å². The molecule has 1 atom stereocenters. The molecule has 0 bridgehead atoms. The Morgan fingerprint density at radius 1 is 1.18 bits per heavy atom. The fourth-order valence-electron chi connectivity index (χ4n) is 1.09. The van der Waals surface area contributed by atoms with Crippen LogP contribution < -0.4 is 0 Å². The van der Waals surface area contributed by atoms with Crippen molar-refractivity contribution >= 4 is 5.78 Å². The SMILES string of the molecule is CCC(=O)C(C)CCC(C)C. The molecule has 1 heteroatoms. The summed E-state index contributed by atoms with van der Waals surface area (Å²) in [7, 11) is 0. The Kier molecular flexibility index (Phi) is 5.18. The molecule has 0 aromatic heterocycles. The number of rotatable bonds is 5. The second kappa shape index (κ2) is 5.34. The van der Waals surface area contributed by atoms with E-state index in [1.807, 2.05) is 13.8 Å². The van der Waals surface area contributed by atoms with Crippen LogP contribution in [0, 0.1) is 11.8 Å². The minimum absolute atomic E-state index is 0.280. The van der Waals surface area contributed by atoms with Crippen LogP contribution in [0.2, 0.25) is 0 Å². The molecule has 0 radical (unpaired) electrons. The van der Waals surface area contributed by atoms with Gasteiger partial charge in [-0.1, -0.05) is 34.1 Å². The maximum Gasteiger partial charge on any atom is 0.135 e. The highest BCUT2D eigenvalue weighted by atomic mass is 16.1. The number of Topliss-reactive ketones (excluding diaryl/α,β-unsaturated/α-hetero) is 1. The van der Waals surface area contributed by atoms with E-state index in [0.717, 1.165) is 12.3 Å². The van der Waals surface area contributed by atoms with E-state index in [4.69, 9.17) is 0 Å². The van der Waals surface area contributed by atoms with Crippen LogP contribution >= 0.6 is 0 Å². The van der Waals surface area contributed by atoms with E-state index in [2.05, 4.69) is 13.8 Å². The first kappa shape index (κ1) is 10.7. The second-order valence-corrected chi connectivity index (χ2v) is 3.69. The zero-order valence-electron chi connectivity index (χ0n) is 8.18. The van der Waals surface area contributed by atoms with E-state index in [9.17, 15) is 4.79 Å². The summed E-state index contributed by atoms with van der Waals surface area (Å²) >= 11 is 0. The molecule has 0 saturated carbocycles. The van der Waals surface area contributed by atoms with Crippen molar-refractivity contribution in [1.82, 2.24) is 0 Å². The second-order valence-electron chi connectivity index (χ2n) is 3.69. The summed E-state index contributed by atoms with van der Waals surface area (Å²) in [4.78, 5) is 11.1. The summed E-state index contributed by atoms with van der Waals surface area (Å²) in [6.45, 7) is 8.37. The summed E-state index contributed by atoms with van der Waals surface area (Å²) in [5.41, 5.74) is 0. The van der Waals surface area contributed by atoms with Gasteiger partial charge in [0.05, 0.1) is 0 Å². The van der Waals surface area contributed by atoms with Crippen LogP contribution in [0.5, 0.6) is 0 Å². The van der Waals surface area contributed by atoms with Crippen molar-refractivity contribution in [2.75, 3.05) is 0 Å². The fraction of sp³-hybridized carbons (Fsp3) is 0.900. The minimum Gasteiger partial charge on any atom is -0.299 e. The summed E-state index contributed by atoms with van der Waals surface area (Å²) < 4.78 is 0. The predicted octanol–water partition coefficient (Wildman–Crippen LogP) is 3.04. The van der Waals surface area contributed by atoms with Crippen molar-refractivity contribution in [2.45, 2.75) is 47.0 Å². The first-order valence-electron chi connectivity index (χ1n) is 4.60. The van der Waals surface area contributed by atoms with Crippen LogP contribution in [-0.4, -0.2) is 5.78 Å². The predicted molar refractivity (Wildman–Crippen MR) is 48.5 cm³/mol. The van der Waals surface area contributed by atoms with Crippen molar-refractivity contribution in [3.8, 4) is 0 Å². The molecule has 0 aliphatic carbocycles. The Morgan fingerprint density at radius 2 is 1.73 bits per heavy atom. The summed E-state index contributed by atoms with van der Waals surface area (Å²) in [5.74, 6) is 1.41. The summed E-state index contributed by atoms with van der Waals surface area (Å²) in [6.07, 6.45) is 2.93. The van der Waals surface area contributed by atoms with Gasteiger partial charge in [-0.15, -0.1) is 0 Å². The van der Waals surface area contributed by atoms with Gasteiger partial charge in [0.2, 0.25) is 0 Å². The van der Waals surface area contributed by atoms with Gasteiger partial charge in [-0.2, -0.15) is 0 Å². The van der Waals surface area contributed by atoms with Gasteiger partial charge in [-0.25, -0.2) is 0 Å². The average molecular weight is 156 g/mol. The van der Waals surface area contributed by atoms with Crippen molar-refractivity contribution in [2.24, 2.45) is 11.8 Å². The Hall–Kier alpha value is -0.330. The van der Waals surface area contributed by atoms with E-state index in [1.165, 1.54) is 6.42 Å². The molecule has 11 heavy (non-hydrogen) atoms. The van der Waals surface area contributed by atoms with E-state index >= 15 is 0 Å². The van der Waals surface area contributed by atoms with Crippen LogP contribution in [0.4, 0.5) is 0 Å². The van der Waals surface area contributed by atoms with Gasteiger partial charge in [-0.05, 0) is 12.3 Å². The first-order valence-corrected chi connectivity index (χ1v) is 4.60. The zero-order chi connectivity index (χ0) is 8.85. The maximum atomic E-state index is 11.1. The lowest BCUT2D eigenvalue weighted by Crippen LogP contribution is -2.10. The lowest BCUT2D eigenvalue weighted by atomic mass is 9.95. The average Bonchev–Trinajstić information content (AvgIpc) is 1.98. The highest BCUT2D eigenvalue weighted by Crippen LogP contribution is 2.13. The normalized spacial score (nSPS) is 13.5. The largest absolute Gasteiger partial charge is 0.299 e. The lowest BCUT2D eigenvalue weighted by molar-refractivity contribution is -0.122. The zero-order valence-corrected chi connectivity index (χ0v) is 8.18. The number of carbonyl (C=O) groups is 1. The van der Waals surface area contributed by atoms with Crippen LogP contribution in [-0.2, 0) is 4.79 Å². The molecule has 0 saturated heterocycles. The van der Waals surface area contributed by atoms with Gasteiger partial charge in [0.15, 0.2) is 0 Å². The smallest absolute Gasteiger partial charge is 0.135 e. The number of hydrogen-bond donors (Lipinski definition) is 0. The van der Waals surface area contributed by atoms with Crippen molar-refractivity contribution in [3.63, 3.8) is 0 Å². The molecule has 0 amide bonds. The molecule has 0 fully saturated rings. The van der Waals surface area contributed by atoms with Crippen LogP contribution in [0.3, 0.4) is 0 Å². The molecule has 0 rings (SSSR count). The molecule has 0 aliphatic heterocycles. The number of ketones is 1. The molecule has 0 N–H and O–H groups in total. The van der Waals surface area contributed by atoms with Gasteiger partial charge >= 0.3 is 0 Å². The Bertz CT molecular complexity index is 116. The highest BCUT2D eigenvalue weighted by Gasteiger charge is 2.10. The lowest BCUT2D eigenvalue weighted by Gasteiger charge is -2.10. The molecule has 0 spiro atoms. The van der Waals surface area contributed by atoms with Crippen LogP contribution in [0.15, 0.2) is 0 Å². The Morgan fingerprint density at radius 3 is 2.09 bits per heavy atom. The molecule has 0 aliphatic rings. The maximum absolute atomic E-state index is 11.1. The number of carbonyl (C=O) groups excluding carboxylic acids is 1. The molecule has 1 unspecified atom stereocenters. The van der Waals surface area contributed by atoms with Gasteiger partial charge in [0.25, 0.3) is 0 Å². The Balaban J connectivity index is 3.52. The third kappa shape index (κ3) is 5.00. The van der Waals surface area contributed by atoms with Gasteiger partial charge in [-0.3, -0.25) is 4.79 Å². The summed E-state index contributed by atoms with van der Waals surface area (Å²) in [6, 6.07) is 0. The standard InChI is InChI=1S/C10H20O/c1-5-10(11)9(4)7-6-8(2)3/h8-9H,5-7H2,1-4H3. The fourth-order valence-corrected chi connectivity index (χ4v) is 1.09. The third-order valence-electron chi connectivity index (χ3n) is 2.08. The monoisotopic (exact) mass is 156 g/mol. The molecule has 0 aromatic carbocycles. The molecular formula is C10H20O. The minimum atomic E-state index is 0.280. The number of hydrogen-bond acceptors (Lipinski definition) is 1. The van der Waals surface area contributed by atoms with Crippen molar-refractivity contribution in [1.29, 1.82) is 0 Å². The van der Waals surface area contributed by atoms with E-state index < -0.39 is 0 Å². The van der Waals surface area contributed by atoms with E-state index in [-0.39, 0.29) is 5.92 Å². The molecule has 0 aromatic rings. The van der Waals surface area contributed by atoms with Crippen LogP contribution in [0.25, 0.3) is 0 Å². The third-order valence-corrected chi connectivity index (χ3v) is 2.08. The topological polar surface area (TPSA) is 17.1 Å². The molecule has 0 heterocycles. The van der Waals surface area contributed by atoms with E-state index in [1.54, 1.807) is 0 Å². The van der Waals surface area contributed by atoms with Gasteiger partial charge in [0.1, 0.15) is 5.78 Å². The summed E-state index contributed by atoms with van der Waals surface area (Å²) in [5, 5.41) is 0. The molecule has 66 valence electrons. The quantitative estimate of drug-likeness (QED) is 0.598. The molecule has 1 nitrogen and oxygen atoms in total. The molecular weight excluding hydrogens is 136 g/mol. The highest BCUT2D eigenvalue weighted by molar-refractivity contribution is 5.80. The van der Waals surface area contributed by atoms with Crippen molar-refractivity contribution in [3.05, 3.63) is 0 Å². The van der Waals surface area contributed by atoms with Crippen molar-refractivity contribution < 1.29 is 4.79 Å².